The van der Waals surface area contributed by atoms with Gasteiger partial charge < -0.3 is 20.3 Å². The Morgan fingerprint density at radius 1 is 1.29 bits per heavy atom. The molecule has 4 nitrogen and oxygen atoms in total. The zero-order valence-electron chi connectivity index (χ0n) is 13.1. The number of aliphatic hydroxyl groups is 2. The minimum absolute atomic E-state index is 0.185. The molecule has 0 bridgehead atoms. The summed E-state index contributed by atoms with van der Waals surface area (Å²) in [5, 5.41) is 22.3. The molecule has 0 aliphatic carbocycles. The third-order valence-electron chi connectivity index (χ3n) is 3.32. The van der Waals surface area contributed by atoms with Crippen LogP contribution >= 0.6 is 11.8 Å². The molecule has 0 radical (unpaired) electrons. The number of nitrogens with one attached hydrogen (secondary N) is 1. The van der Waals surface area contributed by atoms with E-state index >= 15 is 0 Å². The molecule has 0 heterocycles. The van der Waals surface area contributed by atoms with Crippen molar-refractivity contribution in [2.24, 2.45) is 0 Å². The van der Waals surface area contributed by atoms with Gasteiger partial charge in [-0.1, -0.05) is 26.0 Å². The van der Waals surface area contributed by atoms with Gasteiger partial charge in [0.05, 0.1) is 19.8 Å². The molecule has 0 fully saturated rings. The van der Waals surface area contributed by atoms with Crippen LogP contribution in [-0.4, -0.2) is 47.6 Å². The maximum absolute atomic E-state index is 9.50. The Hall–Kier alpha value is -0.750. The molecule has 0 aliphatic heterocycles. The van der Waals surface area contributed by atoms with E-state index in [2.05, 4.69) is 31.3 Å². The maximum atomic E-state index is 9.50. The zero-order chi connectivity index (χ0) is 15.7. The Morgan fingerprint density at radius 2 is 1.95 bits per heavy atom. The smallest absolute Gasteiger partial charge is 0.118 e. The Bertz CT molecular complexity index is 386. The summed E-state index contributed by atoms with van der Waals surface area (Å²) in [6.07, 6.45) is 0.420. The van der Waals surface area contributed by atoms with Crippen LogP contribution in [0.2, 0.25) is 0 Å². The van der Waals surface area contributed by atoms with Gasteiger partial charge in [0.15, 0.2) is 0 Å². The van der Waals surface area contributed by atoms with Gasteiger partial charge in [0, 0.05) is 17.0 Å². The molecule has 0 aliphatic rings. The van der Waals surface area contributed by atoms with Gasteiger partial charge in [-0.15, -0.1) is 0 Å². The molecule has 3 N–H and O–H groups in total. The van der Waals surface area contributed by atoms with Crippen molar-refractivity contribution in [2.75, 3.05) is 26.0 Å². The van der Waals surface area contributed by atoms with Gasteiger partial charge in [-0.25, -0.2) is 0 Å². The number of ether oxygens (including phenoxy) is 1. The number of rotatable bonds is 10. The first-order valence-corrected chi connectivity index (χ1v) is 8.45. The topological polar surface area (TPSA) is 61.7 Å². The lowest BCUT2D eigenvalue weighted by Gasteiger charge is -2.26. The van der Waals surface area contributed by atoms with E-state index in [0.29, 0.717) is 11.0 Å². The molecule has 0 amide bonds. The number of hydrogen-bond acceptors (Lipinski definition) is 5. The average molecular weight is 313 g/mol. The maximum Gasteiger partial charge on any atom is 0.118 e. The highest BCUT2D eigenvalue weighted by atomic mass is 32.2. The van der Waals surface area contributed by atoms with Crippen LogP contribution in [0.3, 0.4) is 0 Å². The van der Waals surface area contributed by atoms with Crippen LogP contribution in [0.15, 0.2) is 24.3 Å². The summed E-state index contributed by atoms with van der Waals surface area (Å²) in [7, 11) is 1.66. The zero-order valence-corrected chi connectivity index (χ0v) is 13.9. The molecule has 0 saturated heterocycles. The first kappa shape index (κ1) is 18.3. The van der Waals surface area contributed by atoms with Crippen LogP contribution in [0.25, 0.3) is 0 Å². The van der Waals surface area contributed by atoms with E-state index < -0.39 is 6.10 Å². The second-order valence-corrected chi connectivity index (χ2v) is 6.49. The highest BCUT2D eigenvalue weighted by molar-refractivity contribution is 7.99. The molecule has 3 unspecified atom stereocenters. The van der Waals surface area contributed by atoms with Crippen LogP contribution in [-0.2, 0) is 0 Å². The number of aliphatic hydroxyl groups excluding tert-OH is 2. The Kier molecular flexibility index (Phi) is 8.76. The van der Waals surface area contributed by atoms with E-state index in [-0.39, 0.29) is 12.6 Å². The highest BCUT2D eigenvalue weighted by Crippen LogP contribution is 2.28. The van der Waals surface area contributed by atoms with E-state index in [0.717, 1.165) is 18.7 Å². The fraction of sp³-hybridized carbons (Fsp3) is 0.625. The summed E-state index contributed by atoms with van der Waals surface area (Å²) in [4.78, 5) is 0. The Labute approximate surface area is 131 Å². The van der Waals surface area contributed by atoms with E-state index in [1.807, 2.05) is 12.1 Å². The lowest BCUT2D eigenvalue weighted by Crippen LogP contribution is -2.30. The Balaban J connectivity index is 2.72. The third-order valence-corrected chi connectivity index (χ3v) is 4.70. The van der Waals surface area contributed by atoms with E-state index in [4.69, 9.17) is 9.84 Å². The molecule has 3 atom stereocenters. The highest BCUT2D eigenvalue weighted by Gasteiger charge is 2.20. The molecular formula is C16H27NO3S. The van der Waals surface area contributed by atoms with Crippen LogP contribution < -0.4 is 10.1 Å². The van der Waals surface area contributed by atoms with Gasteiger partial charge >= 0.3 is 0 Å². The van der Waals surface area contributed by atoms with Gasteiger partial charge in [0.2, 0.25) is 0 Å². The molecule has 0 saturated carbocycles. The van der Waals surface area contributed by atoms with Crippen LogP contribution in [0.1, 0.15) is 31.9 Å². The second kappa shape index (κ2) is 10.1. The first-order chi connectivity index (χ1) is 10.1. The van der Waals surface area contributed by atoms with Crippen molar-refractivity contribution in [3.8, 4) is 5.75 Å². The number of methoxy groups -OCH3 is 1. The monoisotopic (exact) mass is 313 g/mol. The van der Waals surface area contributed by atoms with Crippen LogP contribution in [0, 0.1) is 0 Å². The van der Waals surface area contributed by atoms with Crippen molar-refractivity contribution in [1.29, 1.82) is 0 Å². The van der Waals surface area contributed by atoms with Crippen LogP contribution in [0.5, 0.6) is 5.75 Å². The summed E-state index contributed by atoms with van der Waals surface area (Å²) in [6, 6.07) is 8.30. The molecule has 0 aromatic heterocycles. The molecule has 1 aromatic carbocycles. The summed E-state index contributed by atoms with van der Waals surface area (Å²) < 4.78 is 5.20. The van der Waals surface area contributed by atoms with Crippen molar-refractivity contribution in [2.45, 2.75) is 37.7 Å². The standard InChI is InChI=1S/C16H27NO3S/c1-4-9-17-16(12(2)21-11-14(19)10-18)13-5-7-15(20-3)8-6-13/h5-8,12,14,16-19H,4,9-11H2,1-3H3. The quantitative estimate of drug-likeness (QED) is 0.618. The lowest BCUT2D eigenvalue weighted by molar-refractivity contribution is 0.113. The van der Waals surface area contributed by atoms with Crippen LogP contribution in [0.4, 0.5) is 0 Å². The third kappa shape index (κ3) is 6.26. The summed E-state index contributed by atoms with van der Waals surface area (Å²) in [5.74, 6) is 1.39. The average Bonchev–Trinajstić information content (AvgIpc) is 2.53. The fourth-order valence-corrected chi connectivity index (χ4v) is 3.15. The predicted molar refractivity (Wildman–Crippen MR) is 89.0 cm³/mol. The lowest BCUT2D eigenvalue weighted by atomic mass is 10.0. The van der Waals surface area contributed by atoms with E-state index in [1.165, 1.54) is 5.56 Å². The second-order valence-electron chi connectivity index (χ2n) is 5.08. The molecule has 1 rings (SSSR count). The number of benzene rings is 1. The van der Waals surface area contributed by atoms with E-state index in [9.17, 15) is 5.11 Å². The molecule has 0 spiro atoms. The van der Waals surface area contributed by atoms with Gasteiger partial charge in [-0.05, 0) is 30.7 Å². The molecular weight excluding hydrogens is 286 g/mol. The van der Waals surface area contributed by atoms with Crippen molar-refractivity contribution >= 4 is 11.8 Å². The van der Waals surface area contributed by atoms with Gasteiger partial charge in [0.1, 0.15) is 5.75 Å². The molecule has 21 heavy (non-hydrogen) atoms. The van der Waals surface area contributed by atoms with Crippen molar-refractivity contribution in [3.05, 3.63) is 29.8 Å². The van der Waals surface area contributed by atoms with Gasteiger partial charge in [-0.2, -0.15) is 11.8 Å². The van der Waals surface area contributed by atoms with Crippen molar-refractivity contribution < 1.29 is 14.9 Å². The fourth-order valence-electron chi connectivity index (χ4n) is 2.08. The largest absolute Gasteiger partial charge is 0.497 e. The van der Waals surface area contributed by atoms with Gasteiger partial charge in [-0.3, -0.25) is 0 Å². The van der Waals surface area contributed by atoms with Gasteiger partial charge in [0.25, 0.3) is 0 Å². The normalized spacial score (nSPS) is 15.5. The molecule has 1 aromatic rings. The van der Waals surface area contributed by atoms with Crippen molar-refractivity contribution in [1.82, 2.24) is 5.32 Å². The SMILES string of the molecule is CCCNC(c1ccc(OC)cc1)C(C)SCC(O)CO. The van der Waals surface area contributed by atoms with Crippen molar-refractivity contribution in [3.63, 3.8) is 0 Å². The van der Waals surface area contributed by atoms with E-state index in [1.54, 1.807) is 18.9 Å². The number of thioether (sulfide) groups is 1. The minimum Gasteiger partial charge on any atom is -0.497 e. The summed E-state index contributed by atoms with van der Waals surface area (Å²) >= 11 is 1.67. The predicted octanol–water partition coefficient (Wildman–Crippen LogP) is 2.21. The first-order valence-electron chi connectivity index (χ1n) is 7.40. The summed E-state index contributed by atoms with van der Waals surface area (Å²) in [6.45, 7) is 5.05. The Morgan fingerprint density at radius 3 is 2.48 bits per heavy atom. The number of hydrogen-bond donors (Lipinski definition) is 3. The molecule has 5 heteroatoms. The summed E-state index contributed by atoms with van der Waals surface area (Å²) in [5.41, 5.74) is 1.21. The molecule has 120 valence electrons. The minimum atomic E-state index is -0.653.